The summed E-state index contributed by atoms with van der Waals surface area (Å²) in [5, 5.41) is 0. The van der Waals surface area contributed by atoms with E-state index in [1.54, 1.807) is 0 Å². The van der Waals surface area contributed by atoms with E-state index < -0.39 is 0 Å². The van der Waals surface area contributed by atoms with Crippen molar-refractivity contribution in [1.29, 1.82) is 0 Å². The van der Waals surface area contributed by atoms with Gasteiger partial charge in [0.2, 0.25) is 0 Å². The molecule has 0 N–H and O–H groups in total. The van der Waals surface area contributed by atoms with Crippen molar-refractivity contribution in [3.63, 3.8) is 0 Å². The van der Waals surface area contributed by atoms with Crippen LogP contribution in [0.5, 0.6) is 0 Å². The smallest absolute Gasteiger partial charge is 0.290 e. The summed E-state index contributed by atoms with van der Waals surface area (Å²) in [4.78, 5) is 27.2. The molecule has 0 unspecified atom stereocenters. The van der Waals surface area contributed by atoms with Crippen molar-refractivity contribution in [1.82, 2.24) is 4.90 Å². The summed E-state index contributed by atoms with van der Waals surface area (Å²) in [6.07, 6.45) is 6.50. The van der Waals surface area contributed by atoms with Gasteiger partial charge in [0.25, 0.3) is 5.91 Å². The monoisotopic (exact) mass is 317 g/mol. The Morgan fingerprint density at radius 3 is 2.78 bits per heavy atom. The van der Waals surface area contributed by atoms with E-state index in [0.29, 0.717) is 29.7 Å². The summed E-state index contributed by atoms with van der Waals surface area (Å²) >= 11 is 0. The molecule has 0 saturated carbocycles. The average Bonchev–Trinajstić information content (AvgIpc) is 2.87. The first-order chi connectivity index (χ1) is 11.0. The number of aryl methyl sites for hydroxylation is 1. The average molecular weight is 317 g/mol. The minimum absolute atomic E-state index is 0.0188. The Morgan fingerprint density at radius 1 is 1.30 bits per heavy atom. The van der Waals surface area contributed by atoms with Crippen LogP contribution in [0.1, 0.15) is 84.6 Å². The number of Topliss-reactive ketones (excluding diaryl/α,β-unsaturated/α-hetero) is 1. The molecule has 2 aliphatic rings. The molecule has 0 radical (unpaired) electrons. The molecule has 1 aromatic rings. The molecular weight excluding hydrogens is 290 g/mol. The van der Waals surface area contributed by atoms with Gasteiger partial charge in [0.15, 0.2) is 11.5 Å². The quantitative estimate of drug-likeness (QED) is 0.841. The number of fused-ring (bicyclic) bond motifs is 1. The van der Waals surface area contributed by atoms with Gasteiger partial charge < -0.3 is 9.32 Å². The molecule has 0 aromatic carbocycles. The van der Waals surface area contributed by atoms with E-state index in [1.165, 1.54) is 6.42 Å². The van der Waals surface area contributed by atoms with Gasteiger partial charge >= 0.3 is 0 Å². The summed E-state index contributed by atoms with van der Waals surface area (Å²) in [6, 6.07) is 0.290. The summed E-state index contributed by atoms with van der Waals surface area (Å²) in [5.41, 5.74) is 1.43. The largest absolute Gasteiger partial charge is 0.455 e. The Kier molecular flexibility index (Phi) is 4.60. The third kappa shape index (κ3) is 2.84. The van der Waals surface area contributed by atoms with Gasteiger partial charge in [-0.1, -0.05) is 20.3 Å². The standard InChI is InChI=1S/C19H27NO3/c1-4-7-14-12(2)8-6-11-20(14)19(22)18-13(3)17-15(21)9-5-10-16(17)23-18/h12,14H,4-11H2,1-3H3/t12-,14-/m1/s1. The van der Waals surface area contributed by atoms with Gasteiger partial charge in [-0.3, -0.25) is 9.59 Å². The second kappa shape index (κ2) is 6.50. The highest BCUT2D eigenvalue weighted by atomic mass is 16.4. The molecule has 1 aliphatic heterocycles. The summed E-state index contributed by atoms with van der Waals surface area (Å²) in [7, 11) is 0. The third-order valence-corrected chi connectivity index (χ3v) is 5.46. The summed E-state index contributed by atoms with van der Waals surface area (Å²) < 4.78 is 5.87. The van der Waals surface area contributed by atoms with E-state index in [2.05, 4.69) is 13.8 Å². The number of hydrogen-bond acceptors (Lipinski definition) is 3. The third-order valence-electron chi connectivity index (χ3n) is 5.46. The highest BCUT2D eigenvalue weighted by Gasteiger charge is 2.36. The first-order valence-corrected chi connectivity index (χ1v) is 9.01. The fourth-order valence-corrected chi connectivity index (χ4v) is 4.22. The van der Waals surface area contributed by atoms with Crippen molar-refractivity contribution in [2.45, 2.75) is 71.8 Å². The summed E-state index contributed by atoms with van der Waals surface area (Å²) in [5.74, 6) is 1.76. The van der Waals surface area contributed by atoms with Crippen LogP contribution in [0.4, 0.5) is 0 Å². The van der Waals surface area contributed by atoms with E-state index in [4.69, 9.17) is 4.42 Å². The second-order valence-corrected chi connectivity index (χ2v) is 7.11. The number of ketones is 1. The van der Waals surface area contributed by atoms with Crippen molar-refractivity contribution in [2.24, 2.45) is 5.92 Å². The van der Waals surface area contributed by atoms with Crippen LogP contribution in [-0.2, 0) is 6.42 Å². The number of carbonyl (C=O) groups excluding carboxylic acids is 2. The number of amides is 1. The molecule has 126 valence electrons. The molecule has 2 atom stereocenters. The van der Waals surface area contributed by atoms with E-state index in [9.17, 15) is 9.59 Å². The van der Waals surface area contributed by atoms with Crippen molar-refractivity contribution >= 4 is 11.7 Å². The predicted octanol–water partition coefficient (Wildman–Crippen LogP) is 4.15. The van der Waals surface area contributed by atoms with Gasteiger partial charge in [-0.2, -0.15) is 0 Å². The predicted molar refractivity (Wildman–Crippen MR) is 88.8 cm³/mol. The molecule has 3 rings (SSSR count). The SMILES string of the molecule is CCC[C@@H]1[C@H](C)CCCN1C(=O)c1oc2c(c1C)C(=O)CCC2. The van der Waals surface area contributed by atoms with Crippen LogP contribution in [0.15, 0.2) is 4.42 Å². The number of rotatable bonds is 3. The first kappa shape index (κ1) is 16.3. The normalized spacial score (nSPS) is 24.7. The van der Waals surface area contributed by atoms with Gasteiger partial charge in [-0.05, 0) is 38.5 Å². The number of nitrogens with zero attached hydrogens (tertiary/aromatic N) is 1. The molecule has 1 aromatic heterocycles. The Morgan fingerprint density at radius 2 is 2.09 bits per heavy atom. The Hall–Kier alpha value is -1.58. The topological polar surface area (TPSA) is 50.5 Å². The number of furan rings is 1. The van der Waals surface area contributed by atoms with Gasteiger partial charge in [0, 0.05) is 31.0 Å². The van der Waals surface area contributed by atoms with Gasteiger partial charge in [0.1, 0.15) is 5.76 Å². The van der Waals surface area contributed by atoms with Crippen molar-refractivity contribution in [3.8, 4) is 0 Å². The zero-order valence-electron chi connectivity index (χ0n) is 14.5. The molecule has 0 spiro atoms. The second-order valence-electron chi connectivity index (χ2n) is 7.11. The van der Waals surface area contributed by atoms with Crippen molar-refractivity contribution in [2.75, 3.05) is 6.54 Å². The number of likely N-dealkylation sites (tertiary alicyclic amines) is 1. The van der Waals surface area contributed by atoms with Crippen LogP contribution in [0.25, 0.3) is 0 Å². The maximum absolute atomic E-state index is 13.1. The minimum Gasteiger partial charge on any atom is -0.455 e. The van der Waals surface area contributed by atoms with Crippen LogP contribution in [0, 0.1) is 12.8 Å². The fourth-order valence-electron chi connectivity index (χ4n) is 4.22. The highest BCUT2D eigenvalue weighted by molar-refractivity contribution is 6.03. The van der Waals surface area contributed by atoms with E-state index >= 15 is 0 Å². The van der Waals surface area contributed by atoms with E-state index in [0.717, 1.165) is 50.0 Å². The molecular formula is C19H27NO3. The molecule has 0 bridgehead atoms. The highest BCUT2D eigenvalue weighted by Crippen LogP contribution is 2.33. The lowest BCUT2D eigenvalue weighted by atomic mass is 9.87. The lowest BCUT2D eigenvalue weighted by Gasteiger charge is -2.39. The van der Waals surface area contributed by atoms with Crippen molar-refractivity contribution in [3.05, 3.63) is 22.6 Å². The Balaban J connectivity index is 1.92. The molecule has 1 fully saturated rings. The molecule has 23 heavy (non-hydrogen) atoms. The summed E-state index contributed by atoms with van der Waals surface area (Å²) in [6.45, 7) is 7.07. The Bertz CT molecular complexity index is 616. The van der Waals surface area contributed by atoms with Crippen LogP contribution < -0.4 is 0 Å². The van der Waals surface area contributed by atoms with Crippen LogP contribution in [0.2, 0.25) is 0 Å². The lowest BCUT2D eigenvalue weighted by Crippen LogP contribution is -2.47. The molecule has 1 amide bonds. The number of hydrogen-bond donors (Lipinski definition) is 0. The Labute approximate surface area is 138 Å². The molecule has 4 heteroatoms. The van der Waals surface area contributed by atoms with Crippen LogP contribution in [0.3, 0.4) is 0 Å². The maximum atomic E-state index is 13.1. The van der Waals surface area contributed by atoms with Gasteiger partial charge in [-0.15, -0.1) is 0 Å². The first-order valence-electron chi connectivity index (χ1n) is 9.01. The lowest BCUT2D eigenvalue weighted by molar-refractivity contribution is 0.0463. The minimum atomic E-state index is -0.0188. The molecule has 2 heterocycles. The van der Waals surface area contributed by atoms with E-state index in [1.807, 2.05) is 11.8 Å². The number of carbonyl (C=O) groups is 2. The molecule has 4 nitrogen and oxygen atoms in total. The van der Waals surface area contributed by atoms with Gasteiger partial charge in [-0.25, -0.2) is 0 Å². The van der Waals surface area contributed by atoms with E-state index in [-0.39, 0.29) is 11.7 Å². The zero-order chi connectivity index (χ0) is 16.6. The molecule has 1 saturated heterocycles. The maximum Gasteiger partial charge on any atom is 0.290 e. The fraction of sp³-hybridized carbons (Fsp3) is 0.684. The molecule has 1 aliphatic carbocycles. The number of piperidine rings is 1. The zero-order valence-corrected chi connectivity index (χ0v) is 14.5. The van der Waals surface area contributed by atoms with Crippen molar-refractivity contribution < 1.29 is 14.0 Å². The van der Waals surface area contributed by atoms with Crippen LogP contribution in [-0.4, -0.2) is 29.2 Å². The van der Waals surface area contributed by atoms with Crippen LogP contribution >= 0.6 is 0 Å². The van der Waals surface area contributed by atoms with Gasteiger partial charge in [0.05, 0.1) is 5.56 Å².